The highest BCUT2D eigenvalue weighted by molar-refractivity contribution is 7.98. The summed E-state index contributed by atoms with van der Waals surface area (Å²) in [5.74, 6) is -1.55. The second kappa shape index (κ2) is 8.39. The molecule has 1 spiro atoms. The monoisotopic (exact) mass is 464 g/mol. The third-order valence-electron chi connectivity index (χ3n) is 6.01. The van der Waals surface area contributed by atoms with Crippen LogP contribution in [0.4, 0.5) is 4.39 Å². The Morgan fingerprint density at radius 3 is 2.52 bits per heavy atom. The van der Waals surface area contributed by atoms with Crippen LogP contribution in [0.5, 0.6) is 0 Å². The molecular weight excluding hydrogens is 439 g/mol. The van der Waals surface area contributed by atoms with Gasteiger partial charge in [0, 0.05) is 23.2 Å². The number of benzene rings is 2. The van der Waals surface area contributed by atoms with E-state index in [1.165, 1.54) is 24.9 Å². The van der Waals surface area contributed by atoms with Gasteiger partial charge in [0.1, 0.15) is 5.82 Å². The Bertz CT molecular complexity index is 1030. The van der Waals surface area contributed by atoms with Crippen LogP contribution in [0.3, 0.4) is 0 Å². The molecule has 0 unspecified atom stereocenters. The van der Waals surface area contributed by atoms with Gasteiger partial charge in [0.2, 0.25) is 0 Å². The van der Waals surface area contributed by atoms with Gasteiger partial charge in [-0.05, 0) is 53.1 Å². The molecule has 1 fully saturated rings. The van der Waals surface area contributed by atoms with Crippen LogP contribution in [0.15, 0.2) is 29.2 Å². The van der Waals surface area contributed by atoms with E-state index in [2.05, 4.69) is 13.8 Å². The Morgan fingerprint density at radius 2 is 1.90 bits per heavy atom. The van der Waals surface area contributed by atoms with Crippen LogP contribution >= 0.6 is 23.4 Å². The topological polar surface area (TPSA) is 44.8 Å². The maximum Gasteiger partial charge on any atom is 0.339 e. The van der Waals surface area contributed by atoms with Crippen LogP contribution in [-0.4, -0.2) is 38.3 Å². The van der Waals surface area contributed by atoms with Gasteiger partial charge in [-0.3, -0.25) is 0 Å². The van der Waals surface area contributed by atoms with E-state index in [9.17, 15) is 9.18 Å². The molecule has 31 heavy (non-hydrogen) atoms. The average molecular weight is 465 g/mol. The summed E-state index contributed by atoms with van der Waals surface area (Å²) >= 11 is 7.58. The standard InChI is InChI=1S/C24H26ClFO4S/c1-23(2)12-29-24(30-13-23)8-7-15-17(11-24)16(14-5-6-19(26)18(25)9-14)10-20(31-4)21(15)22(27)28-3/h5-6,9-10H,7-8,11-13H2,1-4H3. The van der Waals surface area contributed by atoms with Gasteiger partial charge < -0.3 is 14.2 Å². The number of thioether (sulfide) groups is 1. The van der Waals surface area contributed by atoms with Gasteiger partial charge in [-0.25, -0.2) is 9.18 Å². The van der Waals surface area contributed by atoms with Crippen molar-refractivity contribution in [3.63, 3.8) is 0 Å². The maximum absolute atomic E-state index is 13.8. The summed E-state index contributed by atoms with van der Waals surface area (Å²) in [5, 5.41) is 0.0615. The number of hydrogen-bond donors (Lipinski definition) is 0. The van der Waals surface area contributed by atoms with Gasteiger partial charge in [0.05, 0.1) is 30.9 Å². The van der Waals surface area contributed by atoms with E-state index >= 15 is 0 Å². The summed E-state index contributed by atoms with van der Waals surface area (Å²) in [6.07, 6.45) is 3.70. The third-order valence-corrected chi connectivity index (χ3v) is 7.06. The largest absolute Gasteiger partial charge is 0.465 e. The molecular formula is C24H26ClFO4S. The molecule has 1 aliphatic heterocycles. The number of carbonyl (C=O) groups is 1. The van der Waals surface area contributed by atoms with E-state index < -0.39 is 11.6 Å². The van der Waals surface area contributed by atoms with Gasteiger partial charge in [-0.1, -0.05) is 31.5 Å². The van der Waals surface area contributed by atoms with Crippen LogP contribution in [0.1, 0.15) is 41.8 Å². The SMILES string of the molecule is COC(=O)c1c(SC)cc(-c2ccc(F)c(Cl)c2)c2c1CCC1(C2)OCC(C)(C)CO1. The number of methoxy groups -OCH3 is 1. The van der Waals surface area contributed by atoms with E-state index in [0.717, 1.165) is 27.1 Å². The van der Waals surface area contributed by atoms with Crippen LogP contribution in [0.25, 0.3) is 11.1 Å². The molecule has 0 saturated carbocycles. The number of rotatable bonds is 3. The van der Waals surface area contributed by atoms with Crippen molar-refractivity contribution in [2.45, 2.75) is 43.8 Å². The molecule has 4 rings (SSSR count). The van der Waals surface area contributed by atoms with Crippen molar-refractivity contribution in [2.24, 2.45) is 5.41 Å². The number of carbonyl (C=O) groups excluding carboxylic acids is 1. The average Bonchev–Trinajstić information content (AvgIpc) is 2.76. The van der Waals surface area contributed by atoms with Gasteiger partial charge >= 0.3 is 5.97 Å². The van der Waals surface area contributed by atoms with Gasteiger partial charge in [0.15, 0.2) is 5.79 Å². The zero-order valence-electron chi connectivity index (χ0n) is 18.1. The Kier molecular flexibility index (Phi) is 6.12. The highest BCUT2D eigenvalue weighted by atomic mass is 35.5. The number of ether oxygens (including phenoxy) is 3. The molecule has 0 N–H and O–H groups in total. The summed E-state index contributed by atoms with van der Waals surface area (Å²) in [5.41, 5.74) is 4.16. The first-order valence-corrected chi connectivity index (χ1v) is 11.8. The highest BCUT2D eigenvalue weighted by Crippen LogP contribution is 2.45. The third kappa shape index (κ3) is 4.23. The summed E-state index contributed by atoms with van der Waals surface area (Å²) in [6, 6.07) is 6.67. The van der Waals surface area contributed by atoms with Crippen molar-refractivity contribution in [3.8, 4) is 11.1 Å². The highest BCUT2D eigenvalue weighted by Gasteiger charge is 2.44. The van der Waals surface area contributed by atoms with E-state index in [1.54, 1.807) is 12.1 Å². The van der Waals surface area contributed by atoms with E-state index in [0.29, 0.717) is 38.0 Å². The van der Waals surface area contributed by atoms with Gasteiger partial charge in [-0.15, -0.1) is 11.8 Å². The molecule has 7 heteroatoms. The molecule has 0 radical (unpaired) electrons. The van der Waals surface area contributed by atoms with E-state index in [1.807, 2.05) is 12.3 Å². The van der Waals surface area contributed by atoms with Gasteiger partial charge in [-0.2, -0.15) is 0 Å². The molecule has 2 aromatic carbocycles. The molecule has 1 saturated heterocycles. The Hall–Kier alpha value is -1.60. The van der Waals surface area contributed by atoms with Crippen LogP contribution in [-0.2, 0) is 27.1 Å². The molecule has 0 amide bonds. The molecule has 166 valence electrons. The second-order valence-corrected chi connectivity index (χ2v) is 10.2. The lowest BCUT2D eigenvalue weighted by molar-refractivity contribution is -0.302. The summed E-state index contributed by atoms with van der Waals surface area (Å²) < 4.78 is 31.5. The van der Waals surface area contributed by atoms with Crippen LogP contribution < -0.4 is 0 Å². The molecule has 0 aromatic heterocycles. The minimum atomic E-state index is -0.727. The first-order chi connectivity index (χ1) is 14.7. The van der Waals surface area contributed by atoms with Crippen molar-refractivity contribution < 1.29 is 23.4 Å². The lowest BCUT2D eigenvalue weighted by atomic mass is 9.79. The van der Waals surface area contributed by atoms with Crippen molar-refractivity contribution in [1.29, 1.82) is 0 Å². The number of hydrogen-bond acceptors (Lipinski definition) is 5. The minimum absolute atomic E-state index is 0.0429. The van der Waals surface area contributed by atoms with Crippen LogP contribution in [0.2, 0.25) is 5.02 Å². The lowest BCUT2D eigenvalue weighted by Gasteiger charge is -2.46. The predicted octanol–water partition coefficient (Wildman–Crippen LogP) is 5.91. The summed E-state index contributed by atoms with van der Waals surface area (Å²) in [4.78, 5) is 13.5. The number of esters is 1. The molecule has 0 bridgehead atoms. The second-order valence-electron chi connectivity index (χ2n) is 8.91. The number of halogens is 2. The predicted molar refractivity (Wildman–Crippen MR) is 120 cm³/mol. The fourth-order valence-corrected chi connectivity index (χ4v) is 5.12. The van der Waals surface area contributed by atoms with Crippen molar-refractivity contribution in [1.82, 2.24) is 0 Å². The van der Waals surface area contributed by atoms with Crippen molar-refractivity contribution >= 4 is 29.3 Å². The Labute approximate surface area is 191 Å². The fourth-order valence-electron chi connectivity index (χ4n) is 4.30. The van der Waals surface area contributed by atoms with Crippen LogP contribution in [0, 0.1) is 11.2 Å². The fraction of sp³-hybridized carbons (Fsp3) is 0.458. The van der Waals surface area contributed by atoms with Crippen molar-refractivity contribution in [3.05, 3.63) is 51.8 Å². The molecule has 2 aromatic rings. The molecule has 1 aliphatic carbocycles. The quantitative estimate of drug-likeness (QED) is 0.417. The first kappa shape index (κ1) is 22.6. The first-order valence-electron chi connectivity index (χ1n) is 10.2. The van der Waals surface area contributed by atoms with Crippen molar-refractivity contribution in [2.75, 3.05) is 26.6 Å². The Balaban J connectivity index is 1.88. The van der Waals surface area contributed by atoms with Gasteiger partial charge in [0.25, 0.3) is 0 Å². The summed E-state index contributed by atoms with van der Waals surface area (Å²) in [7, 11) is 1.40. The number of fused-ring (bicyclic) bond motifs is 1. The normalized spacial score (nSPS) is 19.2. The summed E-state index contributed by atoms with van der Waals surface area (Å²) in [6.45, 7) is 5.44. The van der Waals surface area contributed by atoms with E-state index in [4.69, 9.17) is 25.8 Å². The minimum Gasteiger partial charge on any atom is -0.465 e. The maximum atomic E-state index is 13.8. The van der Waals surface area contributed by atoms with E-state index in [-0.39, 0.29) is 16.4 Å². The zero-order chi connectivity index (χ0) is 22.4. The molecule has 4 nitrogen and oxygen atoms in total. The molecule has 1 heterocycles. The zero-order valence-corrected chi connectivity index (χ0v) is 19.7. The molecule has 2 aliphatic rings. The smallest absolute Gasteiger partial charge is 0.339 e. The Morgan fingerprint density at radius 1 is 1.19 bits per heavy atom. The molecule has 0 atom stereocenters. The lowest BCUT2D eigenvalue weighted by Crippen LogP contribution is -2.50.